The molecule has 280 valence electrons. The second kappa shape index (κ2) is 14.6. The van der Waals surface area contributed by atoms with Gasteiger partial charge in [-0.2, -0.15) is 0 Å². The number of hydrogen-bond acceptors (Lipinski definition) is 9. The highest BCUT2D eigenvalue weighted by atomic mass is 35.5. The van der Waals surface area contributed by atoms with Crippen molar-refractivity contribution in [3.63, 3.8) is 0 Å². The van der Waals surface area contributed by atoms with Crippen LogP contribution in [0.15, 0.2) is 17.3 Å². The van der Waals surface area contributed by atoms with E-state index in [0.717, 1.165) is 49.0 Å². The summed E-state index contributed by atoms with van der Waals surface area (Å²) in [6.07, 6.45) is 3.90. The molecule has 3 aliphatic heterocycles. The van der Waals surface area contributed by atoms with Gasteiger partial charge in [0.2, 0.25) is 17.6 Å². The minimum Gasteiger partial charge on any atom is -0.444 e. The fraction of sp³-hybridized carbons (Fsp3) is 0.676. The number of Topliss-reactive ketones (excluding diaryl/α,β-unsaturated/α-hetero) is 1. The summed E-state index contributed by atoms with van der Waals surface area (Å²) in [5.41, 5.74) is 0.939. The van der Waals surface area contributed by atoms with Crippen molar-refractivity contribution in [3.8, 4) is 0 Å². The Hall–Kier alpha value is -3.87. The number of rotatable bonds is 10. The molecular weight excluding hydrogens is 676 g/mol. The zero-order valence-corrected chi connectivity index (χ0v) is 31.9. The van der Waals surface area contributed by atoms with Crippen molar-refractivity contribution in [1.29, 1.82) is 0 Å². The SMILES string of the molecule is CCC[C@H](NC(=O)[C@@H]1C[C@]2(CC(c3cc(Cl)c4c(c3)CCCN4C)=NO2)CN1C(=O)[C@@H](NC(=O)OC(C)(C)C)C(C)(C)C)C(=O)C(=O)NC1CC1. The molecule has 1 saturated carbocycles. The van der Waals surface area contributed by atoms with E-state index in [0.29, 0.717) is 23.6 Å². The van der Waals surface area contributed by atoms with Crippen molar-refractivity contribution < 1.29 is 33.5 Å². The number of hydrogen-bond donors (Lipinski definition) is 3. The highest BCUT2D eigenvalue weighted by molar-refractivity contribution is 6.38. The smallest absolute Gasteiger partial charge is 0.408 e. The van der Waals surface area contributed by atoms with Crippen molar-refractivity contribution in [2.45, 2.75) is 135 Å². The number of benzene rings is 1. The van der Waals surface area contributed by atoms with Gasteiger partial charge in [-0.25, -0.2) is 4.79 Å². The number of amides is 4. The molecule has 4 aliphatic rings. The normalized spacial score (nSPS) is 22.8. The summed E-state index contributed by atoms with van der Waals surface area (Å²) in [5.74, 6) is -2.55. The molecule has 4 atom stereocenters. The van der Waals surface area contributed by atoms with E-state index < -0.39 is 64.3 Å². The van der Waals surface area contributed by atoms with E-state index in [1.807, 2.05) is 40.8 Å². The van der Waals surface area contributed by atoms with Crippen LogP contribution in [-0.2, 0) is 35.2 Å². The van der Waals surface area contributed by atoms with Crippen LogP contribution < -0.4 is 20.9 Å². The average Bonchev–Trinajstić information content (AvgIpc) is 3.62. The van der Waals surface area contributed by atoms with Crippen molar-refractivity contribution >= 4 is 52.6 Å². The second-order valence-electron chi connectivity index (χ2n) is 16.6. The number of ketones is 1. The standard InChI is InChI=1S/C37H53ClN6O7/c1-9-11-25(29(45)32(47)39-23-13-14-23)40-31(46)27-19-37(20-44(27)33(48)30(35(2,3)4)41-34(49)50-36(5,6)7)18-26(42-51-37)22-16-21-12-10-15-43(8)28(21)24(38)17-22/h16-17,23,25,27,30H,9-15,18-20H2,1-8H3,(H,39,47)(H,40,46)(H,41,49)/t25-,27-,30+,37+/m0/s1. The number of halogens is 1. The summed E-state index contributed by atoms with van der Waals surface area (Å²) >= 11 is 6.77. The largest absolute Gasteiger partial charge is 0.444 e. The molecule has 1 saturated heterocycles. The first kappa shape index (κ1) is 38.4. The number of carbonyl (C=O) groups is 5. The molecule has 51 heavy (non-hydrogen) atoms. The molecule has 13 nitrogen and oxygen atoms in total. The first-order valence-electron chi connectivity index (χ1n) is 18.0. The fourth-order valence-corrected chi connectivity index (χ4v) is 7.43. The van der Waals surface area contributed by atoms with E-state index in [1.165, 1.54) is 4.90 Å². The number of ether oxygens (including phenoxy) is 1. The van der Waals surface area contributed by atoms with Gasteiger partial charge in [0.25, 0.3) is 5.91 Å². The Morgan fingerprint density at radius 2 is 1.80 bits per heavy atom. The first-order chi connectivity index (χ1) is 23.8. The molecule has 1 aromatic rings. The van der Waals surface area contributed by atoms with E-state index in [9.17, 15) is 24.0 Å². The molecule has 14 heteroatoms. The molecule has 5 rings (SSSR count). The molecule has 0 bridgehead atoms. The van der Waals surface area contributed by atoms with Crippen molar-refractivity contribution in [1.82, 2.24) is 20.9 Å². The van der Waals surface area contributed by atoms with Gasteiger partial charge in [-0.3, -0.25) is 19.2 Å². The molecular formula is C37H53ClN6O7. The summed E-state index contributed by atoms with van der Waals surface area (Å²) < 4.78 is 5.49. The lowest BCUT2D eigenvalue weighted by atomic mass is 9.85. The van der Waals surface area contributed by atoms with Gasteiger partial charge in [0.05, 0.1) is 29.0 Å². The van der Waals surface area contributed by atoms with Crippen LogP contribution in [0, 0.1) is 5.41 Å². The van der Waals surface area contributed by atoms with Gasteiger partial charge in [0.15, 0.2) is 5.60 Å². The number of nitrogens with zero attached hydrogens (tertiary/aromatic N) is 3. The molecule has 1 spiro atoms. The predicted molar refractivity (Wildman–Crippen MR) is 194 cm³/mol. The lowest BCUT2D eigenvalue weighted by Crippen LogP contribution is -2.59. The third-order valence-corrected chi connectivity index (χ3v) is 10.0. The average molecular weight is 729 g/mol. The van der Waals surface area contributed by atoms with Crippen LogP contribution in [0.4, 0.5) is 10.5 Å². The maximum atomic E-state index is 14.5. The van der Waals surface area contributed by atoms with Crippen LogP contribution in [0.1, 0.15) is 105 Å². The Morgan fingerprint density at radius 3 is 2.43 bits per heavy atom. The first-order valence-corrected chi connectivity index (χ1v) is 18.4. The maximum absolute atomic E-state index is 14.5. The number of aryl methyl sites for hydroxylation is 1. The zero-order valence-electron chi connectivity index (χ0n) is 31.1. The van der Waals surface area contributed by atoms with Crippen molar-refractivity contribution in [3.05, 3.63) is 28.3 Å². The van der Waals surface area contributed by atoms with Crippen LogP contribution in [0.5, 0.6) is 0 Å². The van der Waals surface area contributed by atoms with E-state index in [-0.39, 0.29) is 25.4 Å². The van der Waals surface area contributed by atoms with Gasteiger partial charge in [0.1, 0.15) is 17.7 Å². The molecule has 0 unspecified atom stereocenters. The Balaban J connectivity index is 1.43. The number of nitrogens with one attached hydrogen (secondary N) is 3. The maximum Gasteiger partial charge on any atom is 0.408 e. The Labute approximate surface area is 305 Å². The van der Waals surface area contributed by atoms with E-state index >= 15 is 0 Å². The topological polar surface area (TPSA) is 159 Å². The predicted octanol–water partition coefficient (Wildman–Crippen LogP) is 4.26. The highest BCUT2D eigenvalue weighted by Crippen LogP contribution is 2.42. The van der Waals surface area contributed by atoms with Gasteiger partial charge in [0, 0.05) is 38.0 Å². The third kappa shape index (κ3) is 8.96. The van der Waals surface area contributed by atoms with Crippen LogP contribution in [0.3, 0.4) is 0 Å². The zero-order chi connectivity index (χ0) is 37.5. The number of alkyl carbamates (subject to hydrolysis) is 1. The molecule has 0 aromatic heterocycles. The summed E-state index contributed by atoms with van der Waals surface area (Å²) in [6, 6.07) is 0.701. The number of anilines is 1. The lowest BCUT2D eigenvalue weighted by molar-refractivity contribution is -0.144. The third-order valence-electron chi connectivity index (χ3n) is 9.74. The summed E-state index contributed by atoms with van der Waals surface area (Å²) in [6.45, 7) is 13.4. The van der Waals surface area contributed by atoms with Gasteiger partial charge < -0.3 is 35.3 Å². The molecule has 1 aromatic carbocycles. The minimum atomic E-state index is -1.09. The van der Waals surface area contributed by atoms with Crippen molar-refractivity contribution in [2.75, 3.05) is 25.0 Å². The van der Waals surface area contributed by atoms with Crippen LogP contribution in [0.2, 0.25) is 5.02 Å². The number of fused-ring (bicyclic) bond motifs is 1. The van der Waals surface area contributed by atoms with Crippen LogP contribution >= 0.6 is 11.6 Å². The van der Waals surface area contributed by atoms with E-state index in [1.54, 1.807) is 20.8 Å². The number of oxime groups is 1. The highest BCUT2D eigenvalue weighted by Gasteiger charge is 2.56. The summed E-state index contributed by atoms with van der Waals surface area (Å²) in [4.78, 5) is 77.4. The monoisotopic (exact) mass is 728 g/mol. The van der Waals surface area contributed by atoms with Crippen LogP contribution in [-0.4, -0.2) is 95.7 Å². The van der Waals surface area contributed by atoms with Crippen molar-refractivity contribution in [2.24, 2.45) is 10.6 Å². The second-order valence-corrected chi connectivity index (χ2v) is 17.0. The Kier molecular flexibility index (Phi) is 11.0. The molecule has 3 N–H and O–H groups in total. The molecule has 3 heterocycles. The van der Waals surface area contributed by atoms with Gasteiger partial charge in [-0.15, -0.1) is 0 Å². The van der Waals surface area contributed by atoms with Gasteiger partial charge in [-0.1, -0.05) is 50.9 Å². The quantitative estimate of drug-likeness (QED) is 0.302. The molecule has 2 fully saturated rings. The van der Waals surface area contributed by atoms with Gasteiger partial charge in [-0.05, 0) is 76.0 Å². The molecule has 0 radical (unpaired) electrons. The van der Waals surface area contributed by atoms with E-state index in [4.69, 9.17) is 21.2 Å². The number of carbonyl (C=O) groups excluding carboxylic acids is 5. The summed E-state index contributed by atoms with van der Waals surface area (Å²) in [5, 5.41) is 13.3. The van der Waals surface area contributed by atoms with E-state index in [2.05, 4.69) is 32.1 Å². The Morgan fingerprint density at radius 1 is 1.10 bits per heavy atom. The fourth-order valence-electron chi connectivity index (χ4n) is 7.05. The minimum absolute atomic E-state index is 0.00450. The molecule has 4 amide bonds. The van der Waals surface area contributed by atoms with Gasteiger partial charge >= 0.3 is 6.09 Å². The Bertz CT molecular complexity index is 1600. The number of likely N-dealkylation sites (tertiary alicyclic amines) is 1. The lowest BCUT2D eigenvalue weighted by Gasteiger charge is -2.36. The van der Waals surface area contributed by atoms with Crippen LogP contribution in [0.25, 0.3) is 0 Å². The summed E-state index contributed by atoms with van der Waals surface area (Å²) in [7, 11) is 2.02. The molecule has 1 aliphatic carbocycles.